The minimum absolute atomic E-state index is 0.0926. The van der Waals surface area contributed by atoms with E-state index >= 15 is 0 Å². The quantitative estimate of drug-likeness (QED) is 0.774. The second kappa shape index (κ2) is 6.60. The molecule has 5 heteroatoms. The zero-order valence-corrected chi connectivity index (χ0v) is 10.5. The van der Waals surface area contributed by atoms with Crippen LogP contribution in [-0.4, -0.2) is 23.3 Å². The van der Waals surface area contributed by atoms with Crippen LogP contribution in [-0.2, 0) is 4.74 Å². The molecule has 1 heterocycles. The summed E-state index contributed by atoms with van der Waals surface area (Å²) in [5, 5.41) is 7.21. The number of nitrogens with zero attached hydrogens (tertiary/aromatic N) is 2. The van der Waals surface area contributed by atoms with Crippen molar-refractivity contribution in [2.24, 2.45) is 0 Å². The number of aromatic nitrogens is 2. The minimum atomic E-state index is -0.110. The molecule has 2 atom stereocenters. The molecule has 5 nitrogen and oxygen atoms in total. The maximum atomic E-state index is 5.40. The monoisotopic (exact) mass is 227 g/mol. The standard InChI is InChI=1S/C11H21N3O2/c1-5-7-12-8(3)11-13-10(14-16-11)9(4)15-6-2/h8-9,12H,5-7H2,1-4H3. The second-order valence-corrected chi connectivity index (χ2v) is 3.76. The van der Waals surface area contributed by atoms with Crippen LogP contribution in [0.5, 0.6) is 0 Å². The lowest BCUT2D eigenvalue weighted by Gasteiger charge is -2.07. The Hall–Kier alpha value is -0.940. The van der Waals surface area contributed by atoms with E-state index in [-0.39, 0.29) is 12.1 Å². The van der Waals surface area contributed by atoms with Crippen molar-refractivity contribution in [3.63, 3.8) is 0 Å². The van der Waals surface area contributed by atoms with E-state index in [4.69, 9.17) is 9.26 Å². The first-order chi connectivity index (χ1) is 7.69. The van der Waals surface area contributed by atoms with Gasteiger partial charge < -0.3 is 14.6 Å². The molecule has 0 amide bonds. The molecule has 0 saturated heterocycles. The molecule has 1 N–H and O–H groups in total. The number of ether oxygens (including phenoxy) is 1. The van der Waals surface area contributed by atoms with Crippen molar-refractivity contribution in [3.05, 3.63) is 11.7 Å². The minimum Gasteiger partial charge on any atom is -0.371 e. The van der Waals surface area contributed by atoms with Crippen molar-refractivity contribution < 1.29 is 9.26 Å². The molecule has 0 spiro atoms. The summed E-state index contributed by atoms with van der Waals surface area (Å²) >= 11 is 0. The van der Waals surface area contributed by atoms with Gasteiger partial charge in [-0.05, 0) is 33.7 Å². The number of nitrogens with one attached hydrogen (secondary N) is 1. The van der Waals surface area contributed by atoms with Crippen molar-refractivity contribution in [2.75, 3.05) is 13.2 Å². The maximum absolute atomic E-state index is 5.40. The van der Waals surface area contributed by atoms with Crippen molar-refractivity contribution in [1.82, 2.24) is 15.5 Å². The van der Waals surface area contributed by atoms with E-state index in [1.807, 2.05) is 20.8 Å². The third kappa shape index (κ3) is 3.57. The topological polar surface area (TPSA) is 60.2 Å². The fraction of sp³-hybridized carbons (Fsp3) is 0.818. The maximum Gasteiger partial charge on any atom is 0.243 e. The van der Waals surface area contributed by atoms with Crippen molar-refractivity contribution in [2.45, 2.75) is 46.3 Å². The van der Waals surface area contributed by atoms with Gasteiger partial charge in [0.1, 0.15) is 6.10 Å². The third-order valence-corrected chi connectivity index (χ3v) is 2.31. The number of hydrogen-bond donors (Lipinski definition) is 1. The predicted molar refractivity (Wildman–Crippen MR) is 61.0 cm³/mol. The van der Waals surface area contributed by atoms with E-state index in [2.05, 4.69) is 22.4 Å². The molecular formula is C11H21N3O2. The van der Waals surface area contributed by atoms with Crippen LogP contribution in [0.4, 0.5) is 0 Å². The molecule has 0 aliphatic heterocycles. The van der Waals surface area contributed by atoms with Gasteiger partial charge in [-0.3, -0.25) is 0 Å². The zero-order chi connectivity index (χ0) is 12.0. The Kier molecular flexibility index (Phi) is 5.42. The number of rotatable bonds is 7. The molecule has 1 aromatic rings. The Labute approximate surface area is 96.6 Å². The molecule has 2 unspecified atom stereocenters. The molecule has 0 aromatic carbocycles. The Morgan fingerprint density at radius 3 is 2.75 bits per heavy atom. The summed E-state index contributed by atoms with van der Waals surface area (Å²) < 4.78 is 10.6. The van der Waals surface area contributed by atoms with Crippen LogP contribution in [0.2, 0.25) is 0 Å². The SMILES string of the molecule is CCCNC(C)c1nc(C(C)OCC)no1. The Bertz CT molecular complexity index is 301. The van der Waals surface area contributed by atoms with Gasteiger partial charge in [0.25, 0.3) is 0 Å². The van der Waals surface area contributed by atoms with Gasteiger partial charge in [0, 0.05) is 6.61 Å². The van der Waals surface area contributed by atoms with Crippen molar-refractivity contribution in [1.29, 1.82) is 0 Å². The summed E-state index contributed by atoms with van der Waals surface area (Å²) in [6, 6.07) is 0.0926. The van der Waals surface area contributed by atoms with Gasteiger partial charge in [0.15, 0.2) is 5.82 Å². The fourth-order valence-electron chi connectivity index (χ4n) is 1.36. The molecule has 92 valence electrons. The average Bonchev–Trinajstić information content (AvgIpc) is 2.75. The third-order valence-electron chi connectivity index (χ3n) is 2.31. The van der Waals surface area contributed by atoms with E-state index in [0.29, 0.717) is 18.3 Å². The molecule has 0 saturated carbocycles. The highest BCUT2D eigenvalue weighted by atomic mass is 16.5. The van der Waals surface area contributed by atoms with Gasteiger partial charge in [-0.1, -0.05) is 12.1 Å². The van der Waals surface area contributed by atoms with E-state index in [9.17, 15) is 0 Å². The molecule has 0 aliphatic rings. The second-order valence-electron chi connectivity index (χ2n) is 3.76. The van der Waals surface area contributed by atoms with Crippen LogP contribution < -0.4 is 5.32 Å². The average molecular weight is 227 g/mol. The van der Waals surface area contributed by atoms with E-state index in [0.717, 1.165) is 13.0 Å². The van der Waals surface area contributed by atoms with Crippen LogP contribution >= 0.6 is 0 Å². The largest absolute Gasteiger partial charge is 0.371 e. The molecule has 0 bridgehead atoms. The van der Waals surface area contributed by atoms with Crippen LogP contribution in [0.25, 0.3) is 0 Å². The molecule has 0 radical (unpaired) electrons. The molecule has 1 aromatic heterocycles. The highest BCUT2D eigenvalue weighted by molar-refractivity contribution is 4.93. The fourth-order valence-corrected chi connectivity index (χ4v) is 1.36. The van der Waals surface area contributed by atoms with Crippen LogP contribution in [0.1, 0.15) is 58.0 Å². The summed E-state index contributed by atoms with van der Waals surface area (Å²) in [5.41, 5.74) is 0. The first-order valence-electron chi connectivity index (χ1n) is 5.87. The summed E-state index contributed by atoms with van der Waals surface area (Å²) in [7, 11) is 0. The Morgan fingerprint density at radius 2 is 2.12 bits per heavy atom. The molecule has 16 heavy (non-hydrogen) atoms. The van der Waals surface area contributed by atoms with E-state index < -0.39 is 0 Å². The lowest BCUT2D eigenvalue weighted by molar-refractivity contribution is 0.0683. The lowest BCUT2D eigenvalue weighted by Crippen LogP contribution is -2.19. The van der Waals surface area contributed by atoms with Crippen LogP contribution in [0.3, 0.4) is 0 Å². The first-order valence-corrected chi connectivity index (χ1v) is 5.87. The Morgan fingerprint density at radius 1 is 1.38 bits per heavy atom. The van der Waals surface area contributed by atoms with Gasteiger partial charge >= 0.3 is 0 Å². The Balaban J connectivity index is 2.56. The zero-order valence-electron chi connectivity index (χ0n) is 10.5. The van der Waals surface area contributed by atoms with Crippen molar-refractivity contribution in [3.8, 4) is 0 Å². The van der Waals surface area contributed by atoms with Crippen molar-refractivity contribution >= 4 is 0 Å². The first kappa shape index (κ1) is 13.1. The smallest absolute Gasteiger partial charge is 0.243 e. The summed E-state index contributed by atoms with van der Waals surface area (Å²) in [6.07, 6.45) is 0.974. The highest BCUT2D eigenvalue weighted by Gasteiger charge is 2.17. The summed E-state index contributed by atoms with van der Waals surface area (Å²) in [4.78, 5) is 4.32. The summed E-state index contributed by atoms with van der Waals surface area (Å²) in [5.74, 6) is 1.23. The van der Waals surface area contributed by atoms with Gasteiger partial charge in [0.05, 0.1) is 6.04 Å². The van der Waals surface area contributed by atoms with Crippen LogP contribution in [0.15, 0.2) is 4.52 Å². The molecular weight excluding hydrogens is 206 g/mol. The molecule has 0 fully saturated rings. The lowest BCUT2D eigenvalue weighted by atomic mass is 10.3. The predicted octanol–water partition coefficient (Wildman–Crippen LogP) is 2.23. The summed E-state index contributed by atoms with van der Waals surface area (Å²) in [6.45, 7) is 9.59. The van der Waals surface area contributed by atoms with Gasteiger partial charge in [-0.25, -0.2) is 0 Å². The highest BCUT2D eigenvalue weighted by Crippen LogP contribution is 2.16. The van der Waals surface area contributed by atoms with E-state index in [1.165, 1.54) is 0 Å². The van der Waals surface area contributed by atoms with Gasteiger partial charge in [0.2, 0.25) is 5.89 Å². The number of hydrogen-bond acceptors (Lipinski definition) is 5. The van der Waals surface area contributed by atoms with Crippen LogP contribution in [0, 0.1) is 0 Å². The van der Waals surface area contributed by atoms with Gasteiger partial charge in [-0.2, -0.15) is 4.98 Å². The van der Waals surface area contributed by atoms with Gasteiger partial charge in [-0.15, -0.1) is 0 Å². The molecule has 0 aliphatic carbocycles. The van der Waals surface area contributed by atoms with E-state index in [1.54, 1.807) is 0 Å². The molecule has 1 rings (SSSR count). The normalized spacial score (nSPS) is 15.0.